The molecule has 2 heteroatoms. The van der Waals surface area contributed by atoms with Gasteiger partial charge in [-0.3, -0.25) is 4.79 Å². The van der Waals surface area contributed by atoms with E-state index in [1.54, 1.807) is 0 Å². The van der Waals surface area contributed by atoms with E-state index < -0.39 is 0 Å². The van der Waals surface area contributed by atoms with Crippen LogP contribution in [0, 0.1) is 0 Å². The molecular weight excluding hydrogens is 164 g/mol. The first kappa shape index (κ1) is 10.7. The highest BCUT2D eigenvalue weighted by Crippen LogP contribution is 2.22. The normalized spacial score (nSPS) is 27.8. The van der Waals surface area contributed by atoms with E-state index in [-0.39, 0.29) is 0 Å². The fourth-order valence-electron chi connectivity index (χ4n) is 1.82. The number of hydrogen-bond acceptors (Lipinski definition) is 2. The Morgan fingerprint density at radius 1 is 1.38 bits per heavy atom. The summed E-state index contributed by atoms with van der Waals surface area (Å²) >= 11 is 0. The van der Waals surface area contributed by atoms with Gasteiger partial charge in [-0.05, 0) is 32.6 Å². The molecule has 0 aromatic rings. The minimum absolute atomic E-state index is 0.357. The van der Waals surface area contributed by atoms with Gasteiger partial charge in [0.25, 0.3) is 0 Å². The number of rotatable bonds is 5. The first-order chi connectivity index (χ1) is 6.22. The lowest BCUT2D eigenvalue weighted by Gasteiger charge is -2.09. The number of Topliss-reactive ketones (excluding diaryl/α,β-unsaturated/α-hetero) is 1. The minimum atomic E-state index is 0.357. The molecule has 0 amide bonds. The third-order valence-electron chi connectivity index (χ3n) is 2.59. The van der Waals surface area contributed by atoms with Crippen LogP contribution >= 0.6 is 0 Å². The standard InChI is InChI=1S/C11H20O2/c1-3-4-10(12)6-8-11-7-5-9(2)13-11/h9,11H,3-8H2,1-2H3. The molecule has 0 saturated carbocycles. The van der Waals surface area contributed by atoms with Crippen molar-refractivity contribution >= 4 is 5.78 Å². The van der Waals surface area contributed by atoms with Gasteiger partial charge in [0.1, 0.15) is 5.78 Å². The van der Waals surface area contributed by atoms with Gasteiger partial charge in [-0.2, -0.15) is 0 Å². The van der Waals surface area contributed by atoms with Crippen LogP contribution in [0.15, 0.2) is 0 Å². The summed E-state index contributed by atoms with van der Waals surface area (Å²) in [5.74, 6) is 0.394. The van der Waals surface area contributed by atoms with Crippen LogP contribution in [-0.4, -0.2) is 18.0 Å². The SMILES string of the molecule is CCCC(=O)CCC1CCC(C)O1. The van der Waals surface area contributed by atoms with Gasteiger partial charge in [-0.15, -0.1) is 0 Å². The zero-order chi connectivity index (χ0) is 9.68. The van der Waals surface area contributed by atoms with E-state index in [4.69, 9.17) is 4.74 Å². The highest BCUT2D eigenvalue weighted by molar-refractivity contribution is 5.78. The second-order valence-corrected chi connectivity index (χ2v) is 3.97. The van der Waals surface area contributed by atoms with E-state index in [2.05, 4.69) is 6.92 Å². The van der Waals surface area contributed by atoms with Crippen LogP contribution < -0.4 is 0 Å². The number of ether oxygens (including phenoxy) is 1. The summed E-state index contributed by atoms with van der Waals surface area (Å²) in [5, 5.41) is 0. The van der Waals surface area contributed by atoms with Gasteiger partial charge in [-0.25, -0.2) is 0 Å². The zero-order valence-corrected chi connectivity index (χ0v) is 8.71. The highest BCUT2D eigenvalue weighted by Gasteiger charge is 2.21. The summed E-state index contributed by atoms with van der Waals surface area (Å²) in [6.07, 6.45) is 6.42. The average molecular weight is 184 g/mol. The highest BCUT2D eigenvalue weighted by atomic mass is 16.5. The van der Waals surface area contributed by atoms with Gasteiger partial charge in [-0.1, -0.05) is 6.92 Å². The second-order valence-electron chi connectivity index (χ2n) is 3.97. The van der Waals surface area contributed by atoms with E-state index in [1.807, 2.05) is 6.92 Å². The maximum atomic E-state index is 11.2. The van der Waals surface area contributed by atoms with Gasteiger partial charge in [0.2, 0.25) is 0 Å². The predicted octanol–water partition coefficient (Wildman–Crippen LogP) is 2.70. The average Bonchev–Trinajstić information content (AvgIpc) is 2.49. The maximum absolute atomic E-state index is 11.2. The molecule has 0 spiro atoms. The summed E-state index contributed by atoms with van der Waals surface area (Å²) in [6, 6.07) is 0. The van der Waals surface area contributed by atoms with Crippen molar-refractivity contribution in [1.82, 2.24) is 0 Å². The van der Waals surface area contributed by atoms with E-state index in [0.717, 1.165) is 32.1 Å². The number of hydrogen-bond donors (Lipinski definition) is 0. The Hall–Kier alpha value is -0.370. The lowest BCUT2D eigenvalue weighted by Crippen LogP contribution is -2.10. The van der Waals surface area contributed by atoms with Crippen LogP contribution in [0.4, 0.5) is 0 Å². The molecule has 0 N–H and O–H groups in total. The summed E-state index contributed by atoms with van der Waals surface area (Å²) in [7, 11) is 0. The molecule has 2 nitrogen and oxygen atoms in total. The smallest absolute Gasteiger partial charge is 0.132 e. The van der Waals surface area contributed by atoms with Crippen molar-refractivity contribution in [2.45, 2.75) is 64.6 Å². The molecule has 1 saturated heterocycles. The monoisotopic (exact) mass is 184 g/mol. The molecule has 0 aliphatic carbocycles. The van der Waals surface area contributed by atoms with Crippen molar-refractivity contribution in [3.8, 4) is 0 Å². The lowest BCUT2D eigenvalue weighted by atomic mass is 10.1. The predicted molar refractivity (Wildman–Crippen MR) is 52.7 cm³/mol. The lowest BCUT2D eigenvalue weighted by molar-refractivity contribution is -0.119. The molecule has 1 aliphatic rings. The summed E-state index contributed by atoms with van der Waals surface area (Å²) in [6.45, 7) is 4.15. The van der Waals surface area contributed by atoms with Crippen LogP contribution in [-0.2, 0) is 9.53 Å². The molecule has 1 fully saturated rings. The van der Waals surface area contributed by atoms with Crippen molar-refractivity contribution in [3.05, 3.63) is 0 Å². The Balaban J connectivity index is 2.09. The molecule has 1 aliphatic heterocycles. The molecule has 0 bridgehead atoms. The Labute approximate surface area is 80.7 Å². The largest absolute Gasteiger partial charge is 0.375 e. The minimum Gasteiger partial charge on any atom is -0.375 e. The fourth-order valence-corrected chi connectivity index (χ4v) is 1.82. The van der Waals surface area contributed by atoms with Crippen molar-refractivity contribution in [3.63, 3.8) is 0 Å². The van der Waals surface area contributed by atoms with Gasteiger partial charge in [0.15, 0.2) is 0 Å². The first-order valence-electron chi connectivity index (χ1n) is 5.39. The van der Waals surface area contributed by atoms with Crippen LogP contribution in [0.2, 0.25) is 0 Å². The quantitative estimate of drug-likeness (QED) is 0.656. The fraction of sp³-hybridized carbons (Fsp3) is 0.909. The number of carbonyl (C=O) groups excluding carboxylic acids is 1. The van der Waals surface area contributed by atoms with Crippen LogP contribution in [0.1, 0.15) is 52.4 Å². The Morgan fingerprint density at radius 2 is 2.15 bits per heavy atom. The van der Waals surface area contributed by atoms with Crippen molar-refractivity contribution in [1.29, 1.82) is 0 Å². The van der Waals surface area contributed by atoms with E-state index in [9.17, 15) is 4.79 Å². The molecule has 2 unspecified atom stereocenters. The van der Waals surface area contributed by atoms with Crippen LogP contribution in [0.3, 0.4) is 0 Å². The topological polar surface area (TPSA) is 26.3 Å². The van der Waals surface area contributed by atoms with Crippen LogP contribution in [0.25, 0.3) is 0 Å². The zero-order valence-electron chi connectivity index (χ0n) is 8.71. The molecule has 0 radical (unpaired) electrons. The molecular formula is C11H20O2. The van der Waals surface area contributed by atoms with Crippen molar-refractivity contribution in [2.24, 2.45) is 0 Å². The molecule has 0 aromatic carbocycles. The van der Waals surface area contributed by atoms with Crippen molar-refractivity contribution < 1.29 is 9.53 Å². The first-order valence-corrected chi connectivity index (χ1v) is 5.39. The third kappa shape index (κ3) is 3.90. The van der Waals surface area contributed by atoms with Crippen molar-refractivity contribution in [2.75, 3.05) is 0 Å². The molecule has 2 atom stereocenters. The molecule has 1 heterocycles. The molecule has 13 heavy (non-hydrogen) atoms. The number of carbonyl (C=O) groups is 1. The van der Waals surface area contributed by atoms with Gasteiger partial charge in [0, 0.05) is 12.8 Å². The Morgan fingerprint density at radius 3 is 2.69 bits per heavy atom. The van der Waals surface area contributed by atoms with E-state index in [0.29, 0.717) is 24.4 Å². The van der Waals surface area contributed by atoms with E-state index in [1.165, 1.54) is 0 Å². The number of ketones is 1. The van der Waals surface area contributed by atoms with Gasteiger partial charge >= 0.3 is 0 Å². The summed E-state index contributed by atoms with van der Waals surface area (Å²) in [5.41, 5.74) is 0. The Kier molecular flexibility index (Phi) is 4.43. The van der Waals surface area contributed by atoms with Crippen LogP contribution in [0.5, 0.6) is 0 Å². The van der Waals surface area contributed by atoms with Gasteiger partial charge in [0.05, 0.1) is 12.2 Å². The van der Waals surface area contributed by atoms with E-state index >= 15 is 0 Å². The third-order valence-corrected chi connectivity index (χ3v) is 2.59. The molecule has 0 aromatic heterocycles. The second kappa shape index (κ2) is 5.38. The summed E-state index contributed by atoms with van der Waals surface area (Å²) in [4.78, 5) is 11.2. The Bertz CT molecular complexity index is 165. The molecule has 1 rings (SSSR count). The summed E-state index contributed by atoms with van der Waals surface area (Å²) < 4.78 is 5.64. The maximum Gasteiger partial charge on any atom is 0.132 e. The molecule has 76 valence electrons. The van der Waals surface area contributed by atoms with Gasteiger partial charge < -0.3 is 4.74 Å².